The Balaban J connectivity index is 1.94. The van der Waals surface area contributed by atoms with Crippen LogP contribution in [0.4, 0.5) is 0 Å². The van der Waals surface area contributed by atoms with Gasteiger partial charge in [0.05, 0.1) is 6.54 Å². The average molecular weight is 336 g/mol. The molecule has 1 aromatic heterocycles. The lowest BCUT2D eigenvalue weighted by atomic mass is 9.96. The van der Waals surface area contributed by atoms with Crippen molar-refractivity contribution in [3.05, 3.63) is 52.5 Å². The Morgan fingerprint density at radius 2 is 2.25 bits per heavy atom. The quantitative estimate of drug-likeness (QED) is 0.852. The van der Waals surface area contributed by atoms with Crippen LogP contribution in [0, 0.1) is 5.92 Å². The van der Waals surface area contributed by atoms with Gasteiger partial charge in [0, 0.05) is 22.8 Å². The molecule has 1 aromatic carbocycles. The van der Waals surface area contributed by atoms with Crippen molar-refractivity contribution >= 4 is 21.8 Å². The number of aromatic amines is 1. The third-order valence-corrected chi connectivity index (χ3v) is 4.05. The molecular weight excluding hydrogens is 318 g/mol. The normalized spacial score (nSPS) is 12.1. The average Bonchev–Trinajstić information content (AvgIpc) is 2.97. The van der Waals surface area contributed by atoms with Gasteiger partial charge in [-0.15, -0.1) is 0 Å². The number of H-pyrrole nitrogens is 1. The van der Waals surface area contributed by atoms with Gasteiger partial charge in [0.15, 0.2) is 0 Å². The van der Waals surface area contributed by atoms with Crippen LogP contribution in [-0.2, 0) is 17.8 Å². The summed E-state index contributed by atoms with van der Waals surface area (Å²) in [7, 11) is 0. The molecule has 0 aliphatic carbocycles. The molecule has 2 rings (SSSR count). The van der Waals surface area contributed by atoms with Crippen LogP contribution in [0.15, 0.2) is 41.1 Å². The van der Waals surface area contributed by atoms with E-state index in [0.29, 0.717) is 6.54 Å². The maximum atomic E-state index is 12.2. The fourth-order valence-electron chi connectivity index (χ4n) is 2.06. The number of halogens is 1. The van der Waals surface area contributed by atoms with Crippen molar-refractivity contribution in [1.82, 2.24) is 15.3 Å². The van der Waals surface area contributed by atoms with E-state index in [-0.39, 0.29) is 11.8 Å². The molecule has 1 heterocycles. The summed E-state index contributed by atoms with van der Waals surface area (Å²) in [6, 6.07) is 8.02. The fraction of sp³-hybridized carbons (Fsp3) is 0.333. The number of aromatic nitrogens is 2. The first-order valence-electron chi connectivity index (χ1n) is 6.70. The van der Waals surface area contributed by atoms with E-state index >= 15 is 0 Å². The molecule has 0 bridgehead atoms. The van der Waals surface area contributed by atoms with Crippen LogP contribution in [-0.4, -0.2) is 15.9 Å². The van der Waals surface area contributed by atoms with Gasteiger partial charge in [0.1, 0.15) is 5.82 Å². The second-order valence-electron chi connectivity index (χ2n) is 4.65. The molecule has 0 spiro atoms. The number of nitrogens with one attached hydrogen (secondary N) is 2. The smallest absolute Gasteiger partial charge is 0.223 e. The van der Waals surface area contributed by atoms with Crippen LogP contribution in [0.5, 0.6) is 0 Å². The number of hydrogen-bond donors (Lipinski definition) is 2. The fourth-order valence-corrected chi connectivity index (χ4v) is 2.51. The minimum atomic E-state index is -0.0244. The van der Waals surface area contributed by atoms with Gasteiger partial charge in [0.2, 0.25) is 5.91 Å². The van der Waals surface area contributed by atoms with Crippen LogP contribution < -0.4 is 5.32 Å². The Morgan fingerprint density at radius 1 is 1.45 bits per heavy atom. The van der Waals surface area contributed by atoms with E-state index in [0.717, 1.165) is 28.7 Å². The van der Waals surface area contributed by atoms with Gasteiger partial charge in [-0.1, -0.05) is 41.1 Å². The number of amides is 1. The Kier molecular flexibility index (Phi) is 5.35. The molecular formula is C15H18BrN3O. The molecule has 0 saturated heterocycles. The van der Waals surface area contributed by atoms with E-state index < -0.39 is 0 Å². The van der Waals surface area contributed by atoms with Crippen molar-refractivity contribution < 1.29 is 4.79 Å². The maximum Gasteiger partial charge on any atom is 0.223 e. The van der Waals surface area contributed by atoms with Gasteiger partial charge < -0.3 is 10.3 Å². The highest BCUT2D eigenvalue weighted by Gasteiger charge is 2.18. The van der Waals surface area contributed by atoms with Crippen LogP contribution in [0.2, 0.25) is 0 Å². The highest BCUT2D eigenvalue weighted by atomic mass is 79.9. The molecule has 2 aromatic rings. The monoisotopic (exact) mass is 335 g/mol. The van der Waals surface area contributed by atoms with Crippen molar-refractivity contribution in [2.45, 2.75) is 26.3 Å². The number of benzene rings is 1. The molecule has 0 radical (unpaired) electrons. The highest BCUT2D eigenvalue weighted by molar-refractivity contribution is 9.10. The SMILES string of the molecule is CCC(Cc1ccccc1Br)C(=O)NCc1ncc[nH]1. The van der Waals surface area contributed by atoms with Crippen molar-refractivity contribution in [3.63, 3.8) is 0 Å². The largest absolute Gasteiger partial charge is 0.349 e. The molecule has 20 heavy (non-hydrogen) atoms. The second kappa shape index (κ2) is 7.24. The van der Waals surface area contributed by atoms with E-state index in [2.05, 4.69) is 31.2 Å². The van der Waals surface area contributed by atoms with Crippen LogP contribution in [0.3, 0.4) is 0 Å². The van der Waals surface area contributed by atoms with Crippen molar-refractivity contribution in [1.29, 1.82) is 0 Å². The van der Waals surface area contributed by atoms with Crippen LogP contribution >= 0.6 is 15.9 Å². The molecule has 0 fully saturated rings. The van der Waals surface area contributed by atoms with Gasteiger partial charge in [0.25, 0.3) is 0 Å². The molecule has 5 heteroatoms. The van der Waals surface area contributed by atoms with Gasteiger partial charge in [-0.25, -0.2) is 4.98 Å². The van der Waals surface area contributed by atoms with Gasteiger partial charge in [-0.05, 0) is 24.5 Å². The molecule has 0 aliphatic rings. The lowest BCUT2D eigenvalue weighted by molar-refractivity contribution is -0.125. The van der Waals surface area contributed by atoms with Crippen molar-refractivity contribution in [2.24, 2.45) is 5.92 Å². The third kappa shape index (κ3) is 3.93. The van der Waals surface area contributed by atoms with Crippen LogP contribution in [0.1, 0.15) is 24.7 Å². The van der Waals surface area contributed by atoms with Gasteiger partial charge >= 0.3 is 0 Å². The topological polar surface area (TPSA) is 57.8 Å². The van der Waals surface area contributed by atoms with E-state index in [4.69, 9.17) is 0 Å². The summed E-state index contributed by atoms with van der Waals surface area (Å²) < 4.78 is 1.05. The Labute approximate surface area is 127 Å². The lowest BCUT2D eigenvalue weighted by Gasteiger charge is -2.15. The summed E-state index contributed by atoms with van der Waals surface area (Å²) in [6.07, 6.45) is 4.98. The summed E-state index contributed by atoms with van der Waals surface area (Å²) in [5.74, 6) is 0.817. The standard InChI is InChI=1S/C15H18BrN3O/c1-2-11(9-12-5-3-4-6-13(12)16)15(20)19-10-14-17-7-8-18-14/h3-8,11H,2,9-10H2,1H3,(H,17,18)(H,19,20). The van der Waals surface area contributed by atoms with Crippen molar-refractivity contribution in [2.75, 3.05) is 0 Å². The van der Waals surface area contributed by atoms with Gasteiger partial charge in [-0.3, -0.25) is 4.79 Å². The summed E-state index contributed by atoms with van der Waals surface area (Å²) in [6.45, 7) is 2.48. The minimum Gasteiger partial charge on any atom is -0.349 e. The predicted octanol–water partition coefficient (Wildman–Crippen LogP) is 3.06. The van der Waals surface area contributed by atoms with E-state index in [9.17, 15) is 4.79 Å². The highest BCUT2D eigenvalue weighted by Crippen LogP contribution is 2.21. The number of imidazole rings is 1. The molecule has 106 valence electrons. The van der Waals surface area contributed by atoms with E-state index in [1.54, 1.807) is 12.4 Å². The zero-order valence-corrected chi connectivity index (χ0v) is 13.0. The molecule has 1 unspecified atom stereocenters. The molecule has 0 saturated carbocycles. The number of carbonyl (C=O) groups is 1. The summed E-state index contributed by atoms with van der Waals surface area (Å²) >= 11 is 3.53. The minimum absolute atomic E-state index is 0.0244. The zero-order valence-electron chi connectivity index (χ0n) is 11.4. The molecule has 4 nitrogen and oxygen atoms in total. The molecule has 0 aliphatic heterocycles. The maximum absolute atomic E-state index is 12.2. The lowest BCUT2D eigenvalue weighted by Crippen LogP contribution is -2.31. The third-order valence-electron chi connectivity index (χ3n) is 3.27. The Morgan fingerprint density at radius 3 is 2.90 bits per heavy atom. The van der Waals surface area contributed by atoms with Gasteiger partial charge in [-0.2, -0.15) is 0 Å². The number of hydrogen-bond acceptors (Lipinski definition) is 2. The zero-order chi connectivity index (χ0) is 14.4. The molecule has 1 atom stereocenters. The summed E-state index contributed by atoms with van der Waals surface area (Å²) in [4.78, 5) is 19.3. The van der Waals surface area contributed by atoms with Crippen LogP contribution in [0.25, 0.3) is 0 Å². The number of rotatable bonds is 6. The number of nitrogens with zero attached hydrogens (tertiary/aromatic N) is 1. The first-order valence-corrected chi connectivity index (χ1v) is 7.49. The Bertz CT molecular complexity index is 554. The van der Waals surface area contributed by atoms with Crippen molar-refractivity contribution in [3.8, 4) is 0 Å². The summed E-state index contributed by atoms with van der Waals surface area (Å²) in [5, 5.41) is 2.93. The number of carbonyl (C=O) groups excluding carboxylic acids is 1. The molecule has 2 N–H and O–H groups in total. The predicted molar refractivity (Wildman–Crippen MR) is 82.1 cm³/mol. The van der Waals surface area contributed by atoms with E-state index in [1.807, 2.05) is 31.2 Å². The van der Waals surface area contributed by atoms with E-state index in [1.165, 1.54) is 0 Å². The molecule has 1 amide bonds. The second-order valence-corrected chi connectivity index (χ2v) is 5.51. The Hall–Kier alpha value is -1.62. The summed E-state index contributed by atoms with van der Waals surface area (Å²) in [5.41, 5.74) is 1.16. The first kappa shape index (κ1) is 14.8. The first-order chi connectivity index (χ1) is 9.70.